The number of carbonyl (C=O) groups is 1. The predicted molar refractivity (Wildman–Crippen MR) is 81.7 cm³/mol. The van der Waals surface area contributed by atoms with Crippen LogP contribution in [0.2, 0.25) is 0 Å². The Bertz CT molecular complexity index is 845. The molecule has 0 unspecified atom stereocenters. The van der Waals surface area contributed by atoms with Gasteiger partial charge in [-0.2, -0.15) is 0 Å². The quantitative estimate of drug-likeness (QED) is 0.685. The molecule has 4 nitrogen and oxygen atoms in total. The first kappa shape index (κ1) is 15.3. The van der Waals surface area contributed by atoms with Gasteiger partial charge in [-0.1, -0.05) is 0 Å². The first-order valence-electron chi connectivity index (χ1n) is 6.68. The summed E-state index contributed by atoms with van der Waals surface area (Å²) in [5.74, 6) is -0.0598. The van der Waals surface area contributed by atoms with Crippen LogP contribution in [-0.4, -0.2) is 20.0 Å². The molecular weight excluding hydrogens is 324 g/mol. The standard InChI is InChI=1S/C16H10ClF2N3O/c17-14(23)9-22-16(11-3-7-13(19)8-4-11)20-15(21-22)10-1-5-12(18)6-2-10/h1-8H,9H2. The normalized spacial score (nSPS) is 10.7. The molecule has 116 valence electrons. The molecule has 0 radical (unpaired) electrons. The largest absolute Gasteiger partial charge is 0.279 e. The van der Waals surface area contributed by atoms with E-state index in [1.54, 1.807) is 0 Å². The monoisotopic (exact) mass is 333 g/mol. The third kappa shape index (κ3) is 3.43. The number of rotatable bonds is 4. The molecule has 1 aromatic heterocycles. The third-order valence-electron chi connectivity index (χ3n) is 3.15. The van der Waals surface area contributed by atoms with Gasteiger partial charge < -0.3 is 0 Å². The van der Waals surface area contributed by atoms with E-state index in [1.807, 2.05) is 0 Å². The lowest BCUT2D eigenvalue weighted by Gasteiger charge is -2.02. The zero-order valence-corrected chi connectivity index (χ0v) is 12.5. The van der Waals surface area contributed by atoms with E-state index in [2.05, 4.69) is 10.1 Å². The second-order valence-corrected chi connectivity index (χ2v) is 5.21. The molecule has 0 aliphatic carbocycles. The smallest absolute Gasteiger partial charge is 0.243 e. The number of carbonyl (C=O) groups excluding carboxylic acids is 1. The average molecular weight is 334 g/mol. The van der Waals surface area contributed by atoms with Crippen molar-refractivity contribution in [2.75, 3.05) is 0 Å². The average Bonchev–Trinajstić information content (AvgIpc) is 2.92. The summed E-state index contributed by atoms with van der Waals surface area (Å²) in [6, 6.07) is 11.3. The summed E-state index contributed by atoms with van der Waals surface area (Å²) < 4.78 is 27.4. The van der Waals surface area contributed by atoms with Gasteiger partial charge in [-0.05, 0) is 60.1 Å². The minimum absolute atomic E-state index is 0.178. The number of halogens is 3. The Kier molecular flexibility index (Phi) is 4.16. The Balaban J connectivity index is 2.08. The second kappa shape index (κ2) is 6.26. The zero-order chi connectivity index (χ0) is 16.4. The molecule has 0 N–H and O–H groups in total. The SMILES string of the molecule is O=C(Cl)Cn1nc(-c2ccc(F)cc2)nc1-c1ccc(F)cc1. The lowest BCUT2D eigenvalue weighted by Crippen LogP contribution is -2.08. The highest BCUT2D eigenvalue weighted by Crippen LogP contribution is 2.23. The van der Waals surface area contributed by atoms with E-state index in [1.165, 1.54) is 53.2 Å². The fourth-order valence-corrected chi connectivity index (χ4v) is 2.22. The van der Waals surface area contributed by atoms with Gasteiger partial charge in [0.2, 0.25) is 5.24 Å². The van der Waals surface area contributed by atoms with Crippen LogP contribution < -0.4 is 0 Å². The van der Waals surface area contributed by atoms with Crippen LogP contribution in [0, 0.1) is 11.6 Å². The van der Waals surface area contributed by atoms with Crippen LogP contribution in [0.5, 0.6) is 0 Å². The van der Waals surface area contributed by atoms with E-state index in [-0.39, 0.29) is 18.2 Å². The molecule has 0 amide bonds. The Hall–Kier alpha value is -2.60. The molecule has 3 rings (SSSR count). The summed E-state index contributed by atoms with van der Waals surface area (Å²) >= 11 is 5.44. The van der Waals surface area contributed by atoms with Gasteiger partial charge in [-0.15, -0.1) is 5.10 Å². The third-order valence-corrected chi connectivity index (χ3v) is 3.27. The highest BCUT2D eigenvalue weighted by Gasteiger charge is 2.15. The van der Waals surface area contributed by atoms with Gasteiger partial charge in [0.05, 0.1) is 0 Å². The number of benzene rings is 2. The van der Waals surface area contributed by atoms with Gasteiger partial charge in [0, 0.05) is 11.1 Å². The Morgan fingerprint density at radius 3 is 2.00 bits per heavy atom. The number of hydrogen-bond donors (Lipinski definition) is 0. The van der Waals surface area contributed by atoms with Crippen molar-refractivity contribution in [1.82, 2.24) is 14.8 Å². The van der Waals surface area contributed by atoms with E-state index in [4.69, 9.17) is 11.6 Å². The molecule has 0 spiro atoms. The summed E-state index contributed by atoms with van der Waals surface area (Å²) in [4.78, 5) is 15.6. The molecule has 0 aliphatic heterocycles. The highest BCUT2D eigenvalue weighted by atomic mass is 35.5. The molecule has 3 aromatic rings. The van der Waals surface area contributed by atoms with Gasteiger partial charge in [0.1, 0.15) is 18.2 Å². The van der Waals surface area contributed by atoms with Gasteiger partial charge in [-0.25, -0.2) is 18.4 Å². The van der Waals surface area contributed by atoms with Crippen LogP contribution >= 0.6 is 11.6 Å². The molecule has 0 bridgehead atoms. The van der Waals surface area contributed by atoms with Gasteiger partial charge in [0.25, 0.3) is 0 Å². The number of hydrogen-bond acceptors (Lipinski definition) is 3. The predicted octanol–water partition coefficient (Wildman–Crippen LogP) is 3.66. The molecule has 1 heterocycles. The molecule has 0 fully saturated rings. The molecule has 0 atom stereocenters. The zero-order valence-electron chi connectivity index (χ0n) is 11.7. The molecule has 0 saturated carbocycles. The minimum atomic E-state index is -0.607. The fraction of sp³-hybridized carbons (Fsp3) is 0.0625. The van der Waals surface area contributed by atoms with Crippen LogP contribution in [-0.2, 0) is 11.3 Å². The van der Waals surface area contributed by atoms with Gasteiger partial charge in [0.15, 0.2) is 11.6 Å². The van der Waals surface area contributed by atoms with Gasteiger partial charge >= 0.3 is 0 Å². The molecule has 0 aliphatic rings. The number of aromatic nitrogens is 3. The molecule has 7 heteroatoms. The Morgan fingerprint density at radius 2 is 1.48 bits per heavy atom. The lowest BCUT2D eigenvalue weighted by molar-refractivity contribution is -0.112. The molecule has 23 heavy (non-hydrogen) atoms. The Labute approximate surface area is 135 Å². The van der Waals surface area contributed by atoms with E-state index in [0.29, 0.717) is 22.8 Å². The minimum Gasteiger partial charge on any atom is -0.279 e. The van der Waals surface area contributed by atoms with Crippen molar-refractivity contribution in [2.45, 2.75) is 6.54 Å². The first-order chi connectivity index (χ1) is 11.0. The van der Waals surface area contributed by atoms with Crippen molar-refractivity contribution in [1.29, 1.82) is 0 Å². The summed E-state index contributed by atoms with van der Waals surface area (Å²) in [5, 5.41) is 3.63. The second-order valence-electron chi connectivity index (χ2n) is 4.79. The van der Waals surface area contributed by atoms with E-state index in [0.717, 1.165) is 0 Å². The molecular formula is C16H10ClF2N3O. The summed E-state index contributed by atoms with van der Waals surface area (Å²) in [7, 11) is 0. The van der Waals surface area contributed by atoms with Crippen LogP contribution in [0.1, 0.15) is 0 Å². The van der Waals surface area contributed by atoms with Crippen LogP contribution in [0.15, 0.2) is 48.5 Å². The van der Waals surface area contributed by atoms with E-state index < -0.39 is 5.24 Å². The van der Waals surface area contributed by atoms with E-state index in [9.17, 15) is 13.6 Å². The summed E-state index contributed by atoms with van der Waals surface area (Å²) in [6.45, 7) is -0.178. The maximum atomic E-state index is 13.1. The topological polar surface area (TPSA) is 47.8 Å². The van der Waals surface area contributed by atoms with Crippen molar-refractivity contribution in [3.05, 3.63) is 60.2 Å². The van der Waals surface area contributed by atoms with Crippen molar-refractivity contribution in [3.8, 4) is 22.8 Å². The maximum Gasteiger partial charge on any atom is 0.243 e. The van der Waals surface area contributed by atoms with Crippen LogP contribution in [0.4, 0.5) is 8.78 Å². The summed E-state index contributed by atoms with van der Waals surface area (Å²) in [6.07, 6.45) is 0. The van der Waals surface area contributed by atoms with Gasteiger partial charge in [-0.3, -0.25) is 4.79 Å². The lowest BCUT2D eigenvalue weighted by atomic mass is 10.2. The van der Waals surface area contributed by atoms with Crippen molar-refractivity contribution in [2.24, 2.45) is 0 Å². The van der Waals surface area contributed by atoms with Crippen LogP contribution in [0.3, 0.4) is 0 Å². The van der Waals surface area contributed by atoms with Crippen molar-refractivity contribution in [3.63, 3.8) is 0 Å². The Morgan fingerprint density at radius 1 is 0.957 bits per heavy atom. The maximum absolute atomic E-state index is 13.1. The molecule has 2 aromatic carbocycles. The van der Waals surface area contributed by atoms with E-state index >= 15 is 0 Å². The summed E-state index contributed by atoms with van der Waals surface area (Å²) in [5.41, 5.74) is 1.18. The fourth-order valence-electron chi connectivity index (χ4n) is 2.10. The van der Waals surface area contributed by atoms with Crippen molar-refractivity contribution < 1.29 is 13.6 Å². The molecule has 0 saturated heterocycles. The number of nitrogens with zero attached hydrogens (tertiary/aromatic N) is 3. The van der Waals surface area contributed by atoms with Crippen molar-refractivity contribution >= 4 is 16.8 Å². The van der Waals surface area contributed by atoms with Crippen LogP contribution in [0.25, 0.3) is 22.8 Å². The highest BCUT2D eigenvalue weighted by molar-refractivity contribution is 6.63. The first-order valence-corrected chi connectivity index (χ1v) is 7.06.